The number of phenolic OH excluding ortho intramolecular Hbond substituents is 1. The van der Waals surface area contributed by atoms with Crippen molar-refractivity contribution >= 4 is 23.2 Å². The van der Waals surface area contributed by atoms with E-state index in [1.165, 1.54) is 19.2 Å². The van der Waals surface area contributed by atoms with Crippen molar-refractivity contribution in [2.24, 2.45) is 0 Å². The topological polar surface area (TPSA) is 96.9 Å². The number of ether oxygens (including phenoxy) is 2. The number of hydrogen-bond acceptors (Lipinski definition) is 5. The van der Waals surface area contributed by atoms with Crippen molar-refractivity contribution in [3.05, 3.63) is 77.9 Å². The van der Waals surface area contributed by atoms with Gasteiger partial charge in [0.15, 0.2) is 18.1 Å². The van der Waals surface area contributed by atoms with Crippen molar-refractivity contribution < 1.29 is 24.2 Å². The smallest absolute Gasteiger partial charge is 0.262 e. The summed E-state index contributed by atoms with van der Waals surface area (Å²) in [4.78, 5) is 24.8. The van der Waals surface area contributed by atoms with Crippen LogP contribution in [-0.4, -0.2) is 30.6 Å². The Bertz CT molecular complexity index is 1130. The molecule has 0 aliphatic carbocycles. The summed E-state index contributed by atoms with van der Waals surface area (Å²) in [6.45, 7) is 6.07. The van der Waals surface area contributed by atoms with Gasteiger partial charge in [0.2, 0.25) is 0 Å². The molecule has 172 valence electrons. The third kappa shape index (κ3) is 6.26. The number of para-hydroxylation sites is 2. The molecule has 0 atom stereocenters. The van der Waals surface area contributed by atoms with Crippen LogP contribution in [0.3, 0.4) is 0 Å². The summed E-state index contributed by atoms with van der Waals surface area (Å²) in [5.74, 6) is 0.0598. The predicted octanol–water partition coefficient (Wildman–Crippen LogP) is 4.97. The zero-order valence-electron chi connectivity index (χ0n) is 19.1. The summed E-state index contributed by atoms with van der Waals surface area (Å²) in [6, 6.07) is 18.8. The lowest BCUT2D eigenvalue weighted by Crippen LogP contribution is -2.20. The zero-order valence-corrected chi connectivity index (χ0v) is 19.1. The highest BCUT2D eigenvalue weighted by atomic mass is 16.5. The summed E-state index contributed by atoms with van der Waals surface area (Å²) in [6.07, 6.45) is 0. The first-order valence-electron chi connectivity index (χ1n) is 10.5. The van der Waals surface area contributed by atoms with Gasteiger partial charge < -0.3 is 25.2 Å². The molecule has 7 heteroatoms. The zero-order chi connectivity index (χ0) is 24.0. The summed E-state index contributed by atoms with van der Waals surface area (Å²) >= 11 is 0. The summed E-state index contributed by atoms with van der Waals surface area (Å²) in [5.41, 5.74) is 2.20. The Morgan fingerprint density at radius 1 is 0.909 bits per heavy atom. The van der Waals surface area contributed by atoms with Crippen molar-refractivity contribution in [2.75, 3.05) is 24.4 Å². The molecule has 0 unspecified atom stereocenters. The molecule has 0 fully saturated rings. The van der Waals surface area contributed by atoms with Gasteiger partial charge in [-0.15, -0.1) is 0 Å². The first kappa shape index (κ1) is 23.7. The Kier molecular flexibility index (Phi) is 7.23. The Morgan fingerprint density at radius 2 is 1.58 bits per heavy atom. The van der Waals surface area contributed by atoms with E-state index >= 15 is 0 Å². The van der Waals surface area contributed by atoms with Crippen LogP contribution in [0.5, 0.6) is 17.2 Å². The van der Waals surface area contributed by atoms with Crippen molar-refractivity contribution in [1.29, 1.82) is 0 Å². The fraction of sp³-hybridized carbons (Fsp3) is 0.231. The largest absolute Gasteiger partial charge is 0.506 e. The lowest BCUT2D eigenvalue weighted by atomic mass is 9.87. The maximum Gasteiger partial charge on any atom is 0.262 e. The molecular weight excluding hydrogens is 420 g/mol. The second kappa shape index (κ2) is 10.1. The van der Waals surface area contributed by atoms with Crippen LogP contribution < -0.4 is 20.1 Å². The number of rotatable bonds is 7. The van der Waals surface area contributed by atoms with Gasteiger partial charge in [-0.3, -0.25) is 9.59 Å². The minimum atomic E-state index is -0.406. The summed E-state index contributed by atoms with van der Waals surface area (Å²) in [5, 5.41) is 15.6. The molecule has 0 spiro atoms. The van der Waals surface area contributed by atoms with E-state index in [0.29, 0.717) is 22.7 Å². The number of amides is 2. The molecule has 2 amide bonds. The van der Waals surface area contributed by atoms with Crippen LogP contribution in [0.4, 0.5) is 11.4 Å². The van der Waals surface area contributed by atoms with Crippen molar-refractivity contribution in [3.63, 3.8) is 0 Å². The third-order valence-corrected chi connectivity index (χ3v) is 4.97. The number of methoxy groups -OCH3 is 1. The number of phenols is 1. The van der Waals surface area contributed by atoms with Crippen molar-refractivity contribution in [3.8, 4) is 17.2 Å². The van der Waals surface area contributed by atoms with Crippen LogP contribution in [0.15, 0.2) is 66.7 Å². The second-order valence-electron chi connectivity index (χ2n) is 8.50. The molecular formula is C26H28N2O5. The lowest BCUT2D eigenvalue weighted by Gasteiger charge is -2.19. The second-order valence-corrected chi connectivity index (χ2v) is 8.50. The first-order valence-corrected chi connectivity index (χ1v) is 10.5. The van der Waals surface area contributed by atoms with Gasteiger partial charge in [0.1, 0.15) is 5.75 Å². The molecule has 0 saturated carbocycles. The van der Waals surface area contributed by atoms with Crippen LogP contribution in [0.25, 0.3) is 0 Å². The van der Waals surface area contributed by atoms with Gasteiger partial charge in [-0.1, -0.05) is 45.0 Å². The quantitative estimate of drug-likeness (QED) is 0.444. The van der Waals surface area contributed by atoms with E-state index in [1.54, 1.807) is 42.5 Å². The Balaban J connectivity index is 1.59. The normalized spacial score (nSPS) is 10.9. The molecule has 0 radical (unpaired) electrons. The third-order valence-electron chi connectivity index (χ3n) is 4.97. The van der Waals surface area contributed by atoms with Gasteiger partial charge in [0.05, 0.1) is 12.8 Å². The Morgan fingerprint density at radius 3 is 2.18 bits per heavy atom. The molecule has 0 saturated heterocycles. The van der Waals surface area contributed by atoms with E-state index in [0.717, 1.165) is 5.56 Å². The maximum atomic E-state index is 12.5. The highest BCUT2D eigenvalue weighted by Gasteiger charge is 2.15. The van der Waals surface area contributed by atoms with Gasteiger partial charge in [-0.05, 0) is 47.4 Å². The maximum absolute atomic E-state index is 12.5. The van der Waals surface area contributed by atoms with E-state index < -0.39 is 5.91 Å². The molecule has 0 heterocycles. The van der Waals surface area contributed by atoms with Gasteiger partial charge in [0, 0.05) is 17.3 Å². The van der Waals surface area contributed by atoms with Gasteiger partial charge in [0.25, 0.3) is 11.8 Å². The Hall–Kier alpha value is -4.00. The minimum Gasteiger partial charge on any atom is -0.506 e. The molecule has 3 aromatic rings. The fourth-order valence-electron chi connectivity index (χ4n) is 3.11. The molecule has 3 rings (SSSR count). The SMILES string of the molecule is COc1ccccc1OCC(=O)Nc1ccc(NC(=O)c2ccc(C(C)(C)C)cc2)c(O)c1. The number of hydrogen-bond donors (Lipinski definition) is 3. The van der Waals surface area contributed by atoms with E-state index in [9.17, 15) is 14.7 Å². The van der Waals surface area contributed by atoms with Crippen molar-refractivity contribution in [1.82, 2.24) is 0 Å². The number of aromatic hydroxyl groups is 1. The fourth-order valence-corrected chi connectivity index (χ4v) is 3.11. The van der Waals surface area contributed by atoms with Crippen LogP contribution in [0.2, 0.25) is 0 Å². The molecule has 0 aliphatic heterocycles. The van der Waals surface area contributed by atoms with Gasteiger partial charge >= 0.3 is 0 Å². The lowest BCUT2D eigenvalue weighted by molar-refractivity contribution is -0.118. The van der Waals surface area contributed by atoms with E-state index in [2.05, 4.69) is 31.4 Å². The molecule has 0 aromatic heterocycles. The number of anilines is 2. The molecule has 33 heavy (non-hydrogen) atoms. The highest BCUT2D eigenvalue weighted by Crippen LogP contribution is 2.28. The van der Waals surface area contributed by atoms with Crippen LogP contribution in [0, 0.1) is 0 Å². The number of carbonyl (C=O) groups excluding carboxylic acids is 2. The Labute approximate surface area is 193 Å². The molecule has 7 nitrogen and oxygen atoms in total. The standard InChI is InChI=1S/C26H28N2O5/c1-26(2,3)18-11-9-17(10-12-18)25(31)28-20-14-13-19(15-21(20)29)27-24(30)16-33-23-8-6-5-7-22(23)32-4/h5-15,29H,16H2,1-4H3,(H,27,30)(H,28,31). The molecule has 0 bridgehead atoms. The van der Waals surface area contributed by atoms with Gasteiger partial charge in [-0.2, -0.15) is 0 Å². The summed E-state index contributed by atoms with van der Waals surface area (Å²) < 4.78 is 10.7. The highest BCUT2D eigenvalue weighted by molar-refractivity contribution is 6.05. The summed E-state index contributed by atoms with van der Waals surface area (Å²) in [7, 11) is 1.52. The van der Waals surface area contributed by atoms with E-state index in [4.69, 9.17) is 9.47 Å². The average Bonchev–Trinajstić information content (AvgIpc) is 2.79. The average molecular weight is 449 g/mol. The van der Waals surface area contributed by atoms with E-state index in [-0.39, 0.29) is 29.4 Å². The predicted molar refractivity (Wildman–Crippen MR) is 128 cm³/mol. The first-order chi connectivity index (χ1) is 15.7. The molecule has 3 aromatic carbocycles. The number of nitrogens with one attached hydrogen (secondary N) is 2. The van der Waals surface area contributed by atoms with Crippen molar-refractivity contribution in [2.45, 2.75) is 26.2 Å². The van der Waals surface area contributed by atoms with Gasteiger partial charge in [-0.25, -0.2) is 0 Å². The van der Waals surface area contributed by atoms with Crippen LogP contribution in [-0.2, 0) is 10.2 Å². The minimum absolute atomic E-state index is 0.00819. The molecule has 3 N–H and O–H groups in total. The monoisotopic (exact) mass is 448 g/mol. The molecule has 0 aliphatic rings. The number of carbonyl (C=O) groups is 2. The van der Waals surface area contributed by atoms with E-state index in [1.807, 2.05) is 12.1 Å². The van der Waals surface area contributed by atoms with Crippen LogP contribution >= 0.6 is 0 Å². The number of benzene rings is 3. The van der Waals surface area contributed by atoms with Crippen LogP contribution in [0.1, 0.15) is 36.7 Å².